The first-order valence-corrected chi connectivity index (χ1v) is 4.96. The molecule has 1 aromatic carbocycles. The lowest BCUT2D eigenvalue weighted by Gasteiger charge is -2.13. The lowest BCUT2D eigenvalue weighted by atomic mass is 10.0. The summed E-state index contributed by atoms with van der Waals surface area (Å²) in [5.74, 6) is 0.803. The Morgan fingerprint density at radius 1 is 1.47 bits per heavy atom. The third-order valence-corrected chi connectivity index (χ3v) is 2.84. The predicted molar refractivity (Wildman–Crippen MR) is 56.8 cm³/mol. The van der Waals surface area contributed by atoms with Crippen LogP contribution in [0.5, 0.6) is 5.75 Å². The first-order valence-electron chi connectivity index (χ1n) is 4.96. The van der Waals surface area contributed by atoms with Crippen molar-refractivity contribution in [2.45, 2.75) is 25.3 Å². The van der Waals surface area contributed by atoms with Gasteiger partial charge in [0.25, 0.3) is 0 Å². The van der Waals surface area contributed by atoms with E-state index in [4.69, 9.17) is 4.74 Å². The molecule has 0 bridgehead atoms. The number of benzene rings is 1. The molecule has 0 N–H and O–H groups in total. The first-order chi connectivity index (χ1) is 7.22. The summed E-state index contributed by atoms with van der Waals surface area (Å²) < 4.78 is 5.28. The molecule has 15 heavy (non-hydrogen) atoms. The monoisotopic (exact) mass is 203 g/mol. The summed E-state index contributed by atoms with van der Waals surface area (Å²) in [6, 6.07) is 5.95. The van der Waals surface area contributed by atoms with E-state index < -0.39 is 0 Å². The summed E-state index contributed by atoms with van der Waals surface area (Å²) in [6.45, 7) is 2.02. The highest BCUT2D eigenvalue weighted by molar-refractivity contribution is 5.48. The van der Waals surface area contributed by atoms with E-state index in [1.54, 1.807) is 13.2 Å². The van der Waals surface area contributed by atoms with E-state index in [0.29, 0.717) is 0 Å². The molecule has 78 valence electrons. The van der Waals surface area contributed by atoms with Gasteiger partial charge in [0.15, 0.2) is 0 Å². The van der Waals surface area contributed by atoms with Crippen molar-refractivity contribution in [3.8, 4) is 5.75 Å². The second kappa shape index (κ2) is 3.52. The molecule has 3 heteroatoms. The molecule has 0 atom stereocenters. The van der Waals surface area contributed by atoms with Crippen molar-refractivity contribution >= 4 is 6.08 Å². The highest BCUT2D eigenvalue weighted by atomic mass is 16.5. The molecule has 1 aliphatic carbocycles. The number of hydrogen-bond acceptors (Lipinski definition) is 3. The Bertz CT molecular complexity index is 429. The lowest BCUT2D eigenvalue weighted by molar-refractivity contribution is 0.404. The fourth-order valence-corrected chi connectivity index (χ4v) is 1.83. The molecule has 0 saturated heterocycles. The summed E-state index contributed by atoms with van der Waals surface area (Å²) in [6.07, 6.45) is 3.47. The number of carbonyl (C=O) groups excluding carboxylic acids is 1. The second-order valence-corrected chi connectivity index (χ2v) is 3.94. The Labute approximate surface area is 88.8 Å². The van der Waals surface area contributed by atoms with Crippen LogP contribution in [0.3, 0.4) is 0 Å². The van der Waals surface area contributed by atoms with Gasteiger partial charge in [-0.15, -0.1) is 0 Å². The SMILES string of the molecule is COc1ccc(C)cc1C1(N=C=O)CC1. The molecule has 0 unspecified atom stereocenters. The summed E-state index contributed by atoms with van der Waals surface area (Å²) in [4.78, 5) is 14.3. The number of rotatable bonds is 3. The van der Waals surface area contributed by atoms with Crippen LogP contribution < -0.4 is 4.74 Å². The maximum absolute atomic E-state index is 10.4. The van der Waals surface area contributed by atoms with Gasteiger partial charge in [-0.05, 0) is 31.9 Å². The van der Waals surface area contributed by atoms with E-state index in [1.165, 1.54) is 0 Å². The normalized spacial score (nSPS) is 16.7. The largest absolute Gasteiger partial charge is 0.496 e. The number of ether oxygens (including phenoxy) is 1. The zero-order valence-corrected chi connectivity index (χ0v) is 8.91. The standard InChI is InChI=1S/C12H13NO2/c1-9-3-4-11(15-2)10(7-9)12(5-6-12)13-8-14/h3-4,7H,5-6H2,1-2H3. The van der Waals surface area contributed by atoms with Gasteiger partial charge >= 0.3 is 0 Å². The molecule has 2 rings (SSSR count). The van der Waals surface area contributed by atoms with Crippen molar-refractivity contribution in [3.63, 3.8) is 0 Å². The number of nitrogens with zero attached hydrogens (tertiary/aromatic N) is 1. The van der Waals surface area contributed by atoms with Crippen LogP contribution in [0, 0.1) is 6.92 Å². The molecule has 0 aromatic heterocycles. The van der Waals surface area contributed by atoms with Gasteiger partial charge in [0.2, 0.25) is 6.08 Å². The molecule has 0 aliphatic heterocycles. The van der Waals surface area contributed by atoms with Crippen LogP contribution in [-0.2, 0) is 10.3 Å². The van der Waals surface area contributed by atoms with Gasteiger partial charge in [-0.25, -0.2) is 4.79 Å². The van der Waals surface area contributed by atoms with Crippen LogP contribution in [-0.4, -0.2) is 13.2 Å². The van der Waals surface area contributed by atoms with Crippen molar-refractivity contribution in [1.82, 2.24) is 0 Å². The average Bonchev–Trinajstić information content (AvgIpc) is 2.99. The van der Waals surface area contributed by atoms with Gasteiger partial charge in [0.05, 0.1) is 7.11 Å². The topological polar surface area (TPSA) is 38.7 Å². The molecule has 0 radical (unpaired) electrons. The molecule has 1 aromatic rings. The minimum absolute atomic E-state index is 0.348. The highest BCUT2D eigenvalue weighted by Gasteiger charge is 2.46. The van der Waals surface area contributed by atoms with E-state index in [2.05, 4.69) is 4.99 Å². The van der Waals surface area contributed by atoms with Gasteiger partial charge in [0, 0.05) is 5.56 Å². The van der Waals surface area contributed by atoms with Crippen LogP contribution in [0.15, 0.2) is 23.2 Å². The molecular weight excluding hydrogens is 190 g/mol. The van der Waals surface area contributed by atoms with Crippen LogP contribution in [0.25, 0.3) is 0 Å². The molecule has 0 spiro atoms. The summed E-state index contributed by atoms with van der Waals surface area (Å²) in [7, 11) is 1.63. The number of isocyanates is 1. The van der Waals surface area contributed by atoms with Gasteiger partial charge in [-0.1, -0.05) is 11.6 Å². The summed E-state index contributed by atoms with van der Waals surface area (Å²) in [5.41, 5.74) is 1.81. The minimum atomic E-state index is -0.348. The molecule has 1 saturated carbocycles. The highest BCUT2D eigenvalue weighted by Crippen LogP contribution is 2.52. The zero-order chi connectivity index (χ0) is 10.9. The number of hydrogen-bond donors (Lipinski definition) is 0. The molecular formula is C12H13NO2. The van der Waals surface area contributed by atoms with Gasteiger partial charge in [-0.2, -0.15) is 4.99 Å². The van der Waals surface area contributed by atoms with Gasteiger partial charge in [-0.3, -0.25) is 0 Å². The van der Waals surface area contributed by atoms with Crippen LogP contribution in [0.2, 0.25) is 0 Å². The quantitative estimate of drug-likeness (QED) is 0.558. The summed E-state index contributed by atoms with van der Waals surface area (Å²) in [5, 5.41) is 0. The van der Waals surface area contributed by atoms with E-state index in [0.717, 1.165) is 29.7 Å². The van der Waals surface area contributed by atoms with Crippen molar-refractivity contribution in [2.24, 2.45) is 4.99 Å². The van der Waals surface area contributed by atoms with Crippen LogP contribution in [0.4, 0.5) is 0 Å². The predicted octanol–water partition coefficient (Wildman–Crippen LogP) is 2.33. The number of aryl methyl sites for hydroxylation is 1. The molecule has 0 heterocycles. The van der Waals surface area contributed by atoms with Gasteiger partial charge < -0.3 is 4.74 Å². The van der Waals surface area contributed by atoms with E-state index in [-0.39, 0.29) is 5.54 Å². The molecule has 3 nitrogen and oxygen atoms in total. The third-order valence-electron chi connectivity index (χ3n) is 2.84. The number of methoxy groups -OCH3 is 1. The Morgan fingerprint density at radius 3 is 2.73 bits per heavy atom. The maximum Gasteiger partial charge on any atom is 0.235 e. The zero-order valence-electron chi connectivity index (χ0n) is 8.91. The average molecular weight is 203 g/mol. The molecule has 0 amide bonds. The molecule has 1 fully saturated rings. The Hall–Kier alpha value is -1.60. The van der Waals surface area contributed by atoms with E-state index in [9.17, 15) is 4.79 Å². The maximum atomic E-state index is 10.4. The first kappa shape index (κ1) is 9.94. The summed E-state index contributed by atoms with van der Waals surface area (Å²) >= 11 is 0. The van der Waals surface area contributed by atoms with E-state index >= 15 is 0 Å². The lowest BCUT2D eigenvalue weighted by Crippen LogP contribution is -2.05. The minimum Gasteiger partial charge on any atom is -0.496 e. The van der Waals surface area contributed by atoms with Gasteiger partial charge in [0.1, 0.15) is 11.3 Å². The van der Waals surface area contributed by atoms with Crippen molar-refractivity contribution in [2.75, 3.05) is 7.11 Å². The van der Waals surface area contributed by atoms with E-state index in [1.807, 2.05) is 25.1 Å². The Morgan fingerprint density at radius 2 is 2.20 bits per heavy atom. The van der Waals surface area contributed by atoms with Crippen molar-refractivity contribution in [3.05, 3.63) is 29.3 Å². The van der Waals surface area contributed by atoms with Crippen LogP contribution >= 0.6 is 0 Å². The Balaban J connectivity index is 2.50. The fraction of sp³-hybridized carbons (Fsp3) is 0.417. The third kappa shape index (κ3) is 1.66. The Kier molecular flexibility index (Phi) is 2.33. The smallest absolute Gasteiger partial charge is 0.235 e. The van der Waals surface area contributed by atoms with Crippen molar-refractivity contribution < 1.29 is 9.53 Å². The fourth-order valence-electron chi connectivity index (χ4n) is 1.83. The number of aliphatic imine (C=N–C) groups is 1. The molecule has 1 aliphatic rings. The van der Waals surface area contributed by atoms with Crippen LogP contribution in [0.1, 0.15) is 24.0 Å². The van der Waals surface area contributed by atoms with Crippen molar-refractivity contribution in [1.29, 1.82) is 0 Å². The second-order valence-electron chi connectivity index (χ2n) is 3.94.